The molecule has 28 heavy (non-hydrogen) atoms. The molecule has 0 amide bonds. The molecule has 0 unspecified atom stereocenters. The number of hydrogen-bond donors (Lipinski definition) is 0. The molecular weight excluding hydrogens is 340 g/mol. The van der Waals surface area contributed by atoms with E-state index in [1.54, 1.807) is 0 Å². The molecule has 0 atom stereocenters. The van der Waals surface area contributed by atoms with Gasteiger partial charge < -0.3 is 4.74 Å². The molecule has 0 aliphatic rings. The maximum atomic E-state index is 6.09. The average molecular weight is 367 g/mol. The predicted octanol–water partition coefficient (Wildman–Crippen LogP) is 6.98. The van der Waals surface area contributed by atoms with E-state index in [2.05, 4.69) is 91.0 Å². The minimum Gasteiger partial charge on any atom is -0.489 e. The van der Waals surface area contributed by atoms with Crippen LogP contribution >= 0.6 is 0 Å². The van der Waals surface area contributed by atoms with E-state index in [-0.39, 0.29) is 0 Å². The fourth-order valence-electron chi connectivity index (χ4n) is 3.63. The molecule has 0 saturated carbocycles. The molecule has 0 heterocycles. The average Bonchev–Trinajstić information content (AvgIpc) is 2.76. The van der Waals surface area contributed by atoms with E-state index in [1.165, 1.54) is 40.3 Å². The van der Waals surface area contributed by atoms with Crippen molar-refractivity contribution in [3.63, 3.8) is 0 Å². The lowest BCUT2D eigenvalue weighted by molar-refractivity contribution is 0.302. The number of unbranched alkanes of at least 4 members (excludes halogenated alkanes) is 1. The van der Waals surface area contributed by atoms with E-state index < -0.39 is 0 Å². The van der Waals surface area contributed by atoms with Crippen molar-refractivity contribution in [2.45, 2.75) is 32.3 Å². The minimum absolute atomic E-state index is 0.620. The molecule has 1 nitrogen and oxygen atoms in total. The second kappa shape index (κ2) is 9.23. The van der Waals surface area contributed by atoms with Crippen LogP contribution < -0.4 is 4.74 Å². The van der Waals surface area contributed by atoms with Crippen LogP contribution in [-0.4, -0.2) is 0 Å². The van der Waals surface area contributed by atoms with E-state index in [9.17, 15) is 0 Å². The Morgan fingerprint density at radius 1 is 0.536 bits per heavy atom. The van der Waals surface area contributed by atoms with Gasteiger partial charge in [0.25, 0.3) is 0 Å². The quantitative estimate of drug-likeness (QED) is 0.306. The van der Waals surface area contributed by atoms with Crippen molar-refractivity contribution in [1.82, 2.24) is 0 Å². The van der Waals surface area contributed by atoms with Crippen molar-refractivity contribution in [3.05, 3.63) is 114 Å². The van der Waals surface area contributed by atoms with Crippen molar-refractivity contribution in [1.29, 1.82) is 0 Å². The third-order valence-corrected chi connectivity index (χ3v) is 5.19. The summed E-state index contributed by atoms with van der Waals surface area (Å²) in [5, 5.41) is 2.65. The van der Waals surface area contributed by atoms with Crippen molar-refractivity contribution in [3.8, 4) is 5.75 Å². The van der Waals surface area contributed by atoms with Crippen LogP contribution in [0.25, 0.3) is 10.8 Å². The third kappa shape index (κ3) is 4.80. The molecular formula is C27H26O. The first kappa shape index (κ1) is 18.3. The molecule has 0 saturated heterocycles. The number of benzene rings is 4. The number of fused-ring (bicyclic) bond motifs is 1. The lowest BCUT2D eigenvalue weighted by atomic mass is 10.0. The Balaban J connectivity index is 1.31. The van der Waals surface area contributed by atoms with Gasteiger partial charge in [-0.3, -0.25) is 0 Å². The summed E-state index contributed by atoms with van der Waals surface area (Å²) in [7, 11) is 0. The van der Waals surface area contributed by atoms with Crippen LogP contribution in [0, 0.1) is 0 Å². The number of hydrogen-bond acceptors (Lipinski definition) is 1. The number of para-hydroxylation sites is 1. The molecule has 0 fully saturated rings. The fourth-order valence-corrected chi connectivity index (χ4v) is 3.63. The molecule has 4 rings (SSSR count). The molecule has 1 heteroatoms. The fraction of sp³-hybridized carbons (Fsp3) is 0.185. The first-order valence-corrected chi connectivity index (χ1v) is 10.1. The van der Waals surface area contributed by atoms with Crippen molar-refractivity contribution in [2.75, 3.05) is 0 Å². The van der Waals surface area contributed by atoms with Gasteiger partial charge in [0.1, 0.15) is 12.4 Å². The van der Waals surface area contributed by atoms with E-state index >= 15 is 0 Å². The van der Waals surface area contributed by atoms with Crippen LogP contribution in [0.1, 0.15) is 29.5 Å². The van der Waals surface area contributed by atoms with Crippen LogP contribution in [-0.2, 0) is 19.4 Å². The molecule has 0 aliphatic carbocycles. The molecule has 0 N–H and O–H groups in total. The third-order valence-electron chi connectivity index (χ3n) is 5.19. The molecule has 4 aromatic carbocycles. The highest BCUT2D eigenvalue weighted by molar-refractivity contribution is 5.82. The van der Waals surface area contributed by atoms with E-state index in [0.717, 1.165) is 18.6 Å². The van der Waals surface area contributed by atoms with Crippen LogP contribution in [0.2, 0.25) is 0 Å². The van der Waals surface area contributed by atoms with Crippen LogP contribution in [0.4, 0.5) is 0 Å². The summed E-state index contributed by atoms with van der Waals surface area (Å²) in [6.45, 7) is 0.620. The zero-order chi connectivity index (χ0) is 19.0. The highest BCUT2D eigenvalue weighted by Gasteiger charge is 2.04. The molecule has 0 radical (unpaired) electrons. The lowest BCUT2D eigenvalue weighted by Crippen LogP contribution is -1.99. The normalized spacial score (nSPS) is 10.9. The highest BCUT2D eigenvalue weighted by atomic mass is 16.5. The van der Waals surface area contributed by atoms with Gasteiger partial charge in [-0.2, -0.15) is 0 Å². The predicted molar refractivity (Wildman–Crippen MR) is 118 cm³/mol. The topological polar surface area (TPSA) is 9.23 Å². The van der Waals surface area contributed by atoms with Crippen molar-refractivity contribution < 1.29 is 4.74 Å². The van der Waals surface area contributed by atoms with Crippen molar-refractivity contribution >= 4 is 10.8 Å². The zero-order valence-electron chi connectivity index (χ0n) is 16.2. The number of ether oxygens (including phenoxy) is 1. The summed E-state index contributed by atoms with van der Waals surface area (Å²) in [6, 6.07) is 34.2. The smallest absolute Gasteiger partial charge is 0.122 e. The standard InChI is InChI=1S/C27H26O/c1-2-11-23(12-3-1)21-28-27-17-9-8-15-25(27)14-5-4-10-22-18-19-24-13-6-7-16-26(24)20-22/h1-3,6-9,11-13,15-20H,4-5,10,14,21H2. The monoisotopic (exact) mass is 366 g/mol. The van der Waals surface area contributed by atoms with Gasteiger partial charge in [-0.15, -0.1) is 0 Å². The maximum Gasteiger partial charge on any atom is 0.122 e. The molecule has 140 valence electrons. The van der Waals surface area contributed by atoms with E-state index in [1.807, 2.05) is 6.07 Å². The van der Waals surface area contributed by atoms with E-state index in [0.29, 0.717) is 6.61 Å². The Bertz CT molecular complexity index is 1020. The molecule has 0 aliphatic heterocycles. The van der Waals surface area contributed by atoms with Crippen molar-refractivity contribution in [2.24, 2.45) is 0 Å². The summed E-state index contributed by atoms with van der Waals surface area (Å²) in [6.07, 6.45) is 4.53. The Morgan fingerprint density at radius 2 is 1.25 bits per heavy atom. The SMILES string of the molecule is c1ccc(COc2ccccc2CCCCc2ccc3ccccc3c2)cc1. The van der Waals surface area contributed by atoms with Gasteiger partial charge in [-0.05, 0) is 59.2 Å². The van der Waals surface area contributed by atoms with Gasteiger partial charge in [0, 0.05) is 0 Å². The summed E-state index contributed by atoms with van der Waals surface area (Å²) in [5.74, 6) is 1.01. The summed E-state index contributed by atoms with van der Waals surface area (Å²) < 4.78 is 6.09. The molecule has 0 bridgehead atoms. The minimum atomic E-state index is 0.620. The zero-order valence-corrected chi connectivity index (χ0v) is 16.2. The Hall–Kier alpha value is -3.06. The summed E-state index contributed by atoms with van der Waals surface area (Å²) in [5.41, 5.74) is 3.93. The van der Waals surface area contributed by atoms with Crippen LogP contribution in [0.15, 0.2) is 97.1 Å². The Labute approximate surface area is 167 Å². The van der Waals surface area contributed by atoms with Gasteiger partial charge >= 0.3 is 0 Å². The van der Waals surface area contributed by atoms with Crippen LogP contribution in [0.3, 0.4) is 0 Å². The summed E-state index contributed by atoms with van der Waals surface area (Å²) in [4.78, 5) is 0. The molecule has 0 spiro atoms. The van der Waals surface area contributed by atoms with E-state index in [4.69, 9.17) is 4.74 Å². The van der Waals surface area contributed by atoms with Gasteiger partial charge in [-0.1, -0.05) is 91.0 Å². The Morgan fingerprint density at radius 3 is 2.14 bits per heavy atom. The van der Waals surface area contributed by atoms with Gasteiger partial charge in [0.2, 0.25) is 0 Å². The van der Waals surface area contributed by atoms with Gasteiger partial charge in [0.05, 0.1) is 0 Å². The van der Waals surface area contributed by atoms with Crippen LogP contribution in [0.5, 0.6) is 5.75 Å². The molecule has 0 aromatic heterocycles. The second-order valence-corrected chi connectivity index (χ2v) is 7.27. The number of rotatable bonds is 8. The van der Waals surface area contributed by atoms with Gasteiger partial charge in [0.15, 0.2) is 0 Å². The lowest BCUT2D eigenvalue weighted by Gasteiger charge is -2.12. The largest absolute Gasteiger partial charge is 0.489 e. The summed E-state index contributed by atoms with van der Waals surface area (Å²) >= 11 is 0. The highest BCUT2D eigenvalue weighted by Crippen LogP contribution is 2.22. The Kier molecular flexibility index (Phi) is 6.04. The first-order chi connectivity index (χ1) is 13.9. The number of aryl methyl sites for hydroxylation is 2. The first-order valence-electron chi connectivity index (χ1n) is 10.1. The van der Waals surface area contributed by atoms with Gasteiger partial charge in [-0.25, -0.2) is 0 Å². The second-order valence-electron chi connectivity index (χ2n) is 7.27. The maximum absolute atomic E-state index is 6.09. The molecule has 4 aromatic rings.